The molecule has 2 nitrogen and oxygen atoms in total. The third kappa shape index (κ3) is 6.71. The molecule has 5 rings (SSSR count). The van der Waals surface area contributed by atoms with E-state index < -0.39 is 29.4 Å². The summed E-state index contributed by atoms with van der Waals surface area (Å²) >= 11 is 5.91. The van der Waals surface area contributed by atoms with Crippen molar-refractivity contribution >= 4 is 64.7 Å². The second-order valence-electron chi connectivity index (χ2n) is 7.94. The molecule has 3 aromatic carbocycles. The minimum absolute atomic E-state index is 0.0364. The third-order valence-electron chi connectivity index (χ3n) is 5.22. The van der Waals surface area contributed by atoms with Crippen LogP contribution in [-0.4, -0.2) is 11.1 Å². The van der Waals surface area contributed by atoms with Crippen LogP contribution in [0.2, 0.25) is 0 Å². The Balaban J connectivity index is 0.000000180. The number of fused-ring (bicyclic) bond motifs is 2. The number of hydrogen-bond acceptors (Lipinski definition) is 3. The number of carboxylic acids is 1. The molecule has 0 spiro atoms. The van der Waals surface area contributed by atoms with E-state index in [0.717, 1.165) is 55.6 Å². The fourth-order valence-electron chi connectivity index (χ4n) is 3.53. The maximum atomic E-state index is 12.7. The molecular weight excluding hydrogens is 602 g/mol. The topological polar surface area (TPSA) is 37.3 Å². The zero-order chi connectivity index (χ0) is 27.0. The SMILES string of the molecule is FC(F)(F)c1ccc2sc(Cc3cccc(Br)c3)cc2c1.O=C(O)c1cc2cc(C(F)(F)F)ccc2s1. The molecule has 0 aliphatic carbocycles. The van der Waals surface area contributed by atoms with Crippen LogP contribution in [0.1, 0.15) is 31.2 Å². The number of carbonyl (C=O) groups is 1. The van der Waals surface area contributed by atoms with Crippen LogP contribution in [0.5, 0.6) is 0 Å². The van der Waals surface area contributed by atoms with E-state index >= 15 is 0 Å². The Hall–Kier alpha value is -2.89. The largest absolute Gasteiger partial charge is 0.477 e. The molecule has 0 radical (unpaired) electrons. The monoisotopic (exact) mass is 616 g/mol. The van der Waals surface area contributed by atoms with E-state index in [2.05, 4.69) is 15.9 Å². The number of hydrogen-bond donors (Lipinski definition) is 1. The van der Waals surface area contributed by atoms with Gasteiger partial charge in [-0.2, -0.15) is 26.3 Å². The Morgan fingerprint density at radius 3 is 1.86 bits per heavy atom. The van der Waals surface area contributed by atoms with Gasteiger partial charge in [0.25, 0.3) is 0 Å². The Kier molecular flexibility index (Phi) is 7.68. The van der Waals surface area contributed by atoms with Gasteiger partial charge >= 0.3 is 18.3 Å². The maximum absolute atomic E-state index is 12.7. The molecule has 1 N–H and O–H groups in total. The van der Waals surface area contributed by atoms with Gasteiger partial charge in [0, 0.05) is 25.2 Å². The van der Waals surface area contributed by atoms with Gasteiger partial charge in [-0.3, -0.25) is 0 Å². The van der Waals surface area contributed by atoms with E-state index in [0.29, 0.717) is 15.5 Å². The molecule has 11 heteroatoms. The van der Waals surface area contributed by atoms with Crippen molar-refractivity contribution in [1.82, 2.24) is 0 Å². The Morgan fingerprint density at radius 2 is 1.32 bits per heavy atom. The first-order chi connectivity index (χ1) is 17.3. The van der Waals surface area contributed by atoms with Crippen LogP contribution in [-0.2, 0) is 18.8 Å². The minimum Gasteiger partial charge on any atom is -0.477 e. The molecule has 0 saturated heterocycles. The van der Waals surface area contributed by atoms with Gasteiger partial charge in [-0.1, -0.05) is 28.1 Å². The predicted molar refractivity (Wildman–Crippen MR) is 138 cm³/mol. The van der Waals surface area contributed by atoms with E-state index in [1.165, 1.54) is 29.5 Å². The van der Waals surface area contributed by atoms with Crippen molar-refractivity contribution in [2.75, 3.05) is 0 Å². The molecule has 0 fully saturated rings. The lowest BCUT2D eigenvalue weighted by Gasteiger charge is -2.05. The zero-order valence-corrected chi connectivity index (χ0v) is 21.7. The van der Waals surface area contributed by atoms with Gasteiger partial charge in [-0.05, 0) is 77.0 Å². The molecule has 2 aromatic heterocycles. The van der Waals surface area contributed by atoms with Crippen LogP contribution < -0.4 is 0 Å². The summed E-state index contributed by atoms with van der Waals surface area (Å²) in [6.07, 6.45) is -7.97. The minimum atomic E-state index is -4.40. The first kappa shape index (κ1) is 27.2. The summed E-state index contributed by atoms with van der Waals surface area (Å²) in [5.74, 6) is -1.13. The predicted octanol–water partition coefficient (Wildman–Crippen LogP) is 9.89. The highest BCUT2D eigenvalue weighted by atomic mass is 79.9. The van der Waals surface area contributed by atoms with Crippen molar-refractivity contribution in [3.05, 3.63) is 104 Å². The van der Waals surface area contributed by atoms with Gasteiger partial charge in [-0.25, -0.2) is 4.79 Å². The quantitative estimate of drug-likeness (QED) is 0.205. The fourth-order valence-corrected chi connectivity index (χ4v) is 5.94. The van der Waals surface area contributed by atoms with Gasteiger partial charge < -0.3 is 5.11 Å². The Bertz CT molecular complexity index is 1580. The van der Waals surface area contributed by atoms with Crippen LogP contribution in [0.3, 0.4) is 0 Å². The highest BCUT2D eigenvalue weighted by molar-refractivity contribution is 9.10. The number of rotatable bonds is 3. The summed E-state index contributed by atoms with van der Waals surface area (Å²) in [7, 11) is 0. The second kappa shape index (κ2) is 10.5. The summed E-state index contributed by atoms with van der Waals surface area (Å²) in [5.41, 5.74) is -0.233. The molecule has 0 unspecified atom stereocenters. The van der Waals surface area contributed by atoms with Crippen molar-refractivity contribution in [3.8, 4) is 0 Å². The van der Waals surface area contributed by atoms with Gasteiger partial charge in [-0.15, -0.1) is 22.7 Å². The summed E-state index contributed by atoms with van der Waals surface area (Å²) in [5, 5.41) is 9.66. The van der Waals surface area contributed by atoms with Crippen molar-refractivity contribution in [2.45, 2.75) is 18.8 Å². The molecule has 5 aromatic rings. The summed E-state index contributed by atoms with van der Waals surface area (Å²) in [6, 6.07) is 18.1. The van der Waals surface area contributed by atoms with Crippen molar-refractivity contribution in [2.24, 2.45) is 0 Å². The lowest BCUT2D eigenvalue weighted by atomic mass is 10.1. The molecule has 0 aliphatic rings. The number of thiophene rings is 2. The van der Waals surface area contributed by atoms with E-state index in [-0.39, 0.29) is 4.88 Å². The molecule has 0 bridgehead atoms. The van der Waals surface area contributed by atoms with Gasteiger partial charge in [0.1, 0.15) is 4.88 Å². The van der Waals surface area contributed by atoms with Crippen LogP contribution in [0.4, 0.5) is 26.3 Å². The average Bonchev–Trinajstić information content (AvgIpc) is 3.41. The van der Waals surface area contributed by atoms with E-state index in [1.807, 2.05) is 30.3 Å². The number of benzene rings is 3. The molecule has 192 valence electrons. The Labute approximate surface area is 222 Å². The standard InChI is InChI=1S/C16H10BrF3S.C10H5F3O2S/c17-13-3-1-2-10(6-13)7-14-9-11-8-12(16(18,19)20)4-5-15(11)21-14;11-10(12,13)6-1-2-7-5(3-6)4-8(16-7)9(14)15/h1-6,8-9H,7H2;1-4H,(H,14,15). The third-order valence-corrected chi connectivity index (χ3v) is 7.93. The number of alkyl halides is 6. The molecule has 2 heterocycles. The number of aromatic carboxylic acids is 1. The van der Waals surface area contributed by atoms with E-state index in [4.69, 9.17) is 5.11 Å². The number of carboxylic acid groups (broad SMARTS) is 1. The van der Waals surface area contributed by atoms with Crippen LogP contribution >= 0.6 is 38.6 Å². The van der Waals surface area contributed by atoms with Gasteiger partial charge in [0.15, 0.2) is 0 Å². The lowest BCUT2D eigenvalue weighted by Crippen LogP contribution is -2.03. The van der Waals surface area contributed by atoms with Crippen molar-refractivity contribution < 1.29 is 36.2 Å². The lowest BCUT2D eigenvalue weighted by molar-refractivity contribution is -0.138. The molecule has 37 heavy (non-hydrogen) atoms. The highest BCUT2D eigenvalue weighted by Crippen LogP contribution is 2.35. The van der Waals surface area contributed by atoms with Crippen LogP contribution in [0.15, 0.2) is 77.3 Å². The summed E-state index contributed by atoms with van der Waals surface area (Å²) in [6.45, 7) is 0. The van der Waals surface area contributed by atoms with E-state index in [9.17, 15) is 31.1 Å². The second-order valence-corrected chi connectivity index (χ2v) is 11.1. The van der Waals surface area contributed by atoms with Gasteiger partial charge in [0.05, 0.1) is 11.1 Å². The highest BCUT2D eigenvalue weighted by Gasteiger charge is 2.31. The fraction of sp³-hybridized carbons (Fsp3) is 0.115. The molecule has 0 atom stereocenters. The first-order valence-electron chi connectivity index (χ1n) is 10.5. The molecule has 0 aliphatic heterocycles. The first-order valence-corrected chi connectivity index (χ1v) is 12.9. The summed E-state index contributed by atoms with van der Waals surface area (Å²) < 4.78 is 77.7. The van der Waals surface area contributed by atoms with Crippen LogP contribution in [0.25, 0.3) is 20.2 Å². The smallest absolute Gasteiger partial charge is 0.416 e. The Morgan fingerprint density at radius 1 is 0.757 bits per heavy atom. The van der Waals surface area contributed by atoms with E-state index in [1.54, 1.807) is 6.07 Å². The van der Waals surface area contributed by atoms with Crippen molar-refractivity contribution in [1.29, 1.82) is 0 Å². The molecular formula is C26H15BrF6O2S2. The maximum Gasteiger partial charge on any atom is 0.416 e. The average molecular weight is 617 g/mol. The van der Waals surface area contributed by atoms with Crippen LogP contribution in [0, 0.1) is 0 Å². The van der Waals surface area contributed by atoms with Crippen molar-refractivity contribution in [3.63, 3.8) is 0 Å². The normalized spacial score (nSPS) is 12.0. The summed E-state index contributed by atoms with van der Waals surface area (Å²) in [4.78, 5) is 11.7. The number of halogens is 7. The van der Waals surface area contributed by atoms with Gasteiger partial charge in [0.2, 0.25) is 0 Å². The molecule has 0 saturated carbocycles. The molecule has 0 amide bonds. The zero-order valence-electron chi connectivity index (χ0n) is 18.5.